The first-order valence-corrected chi connectivity index (χ1v) is 8.48. The summed E-state index contributed by atoms with van der Waals surface area (Å²) in [5.41, 5.74) is 2.11. The van der Waals surface area contributed by atoms with Gasteiger partial charge in [0, 0.05) is 23.7 Å². The van der Waals surface area contributed by atoms with Gasteiger partial charge in [0.25, 0.3) is 5.56 Å². The SMILES string of the molecule is CC1Oc2c(C(=O)OCc3cc(=O)n4ccccc4n3)cccc2C1C. The number of hydrogen-bond acceptors (Lipinski definition) is 5. The van der Waals surface area contributed by atoms with E-state index in [1.807, 2.05) is 19.1 Å². The maximum Gasteiger partial charge on any atom is 0.342 e. The summed E-state index contributed by atoms with van der Waals surface area (Å²) in [4.78, 5) is 29.0. The average Bonchev–Trinajstić information content (AvgIpc) is 2.94. The molecule has 6 heteroatoms. The molecule has 6 nitrogen and oxygen atoms in total. The highest BCUT2D eigenvalue weighted by atomic mass is 16.5. The first-order chi connectivity index (χ1) is 12.5. The molecule has 0 saturated carbocycles. The number of nitrogens with zero attached hydrogens (tertiary/aromatic N) is 2. The third-order valence-electron chi connectivity index (χ3n) is 4.74. The smallest absolute Gasteiger partial charge is 0.342 e. The van der Waals surface area contributed by atoms with Crippen LogP contribution >= 0.6 is 0 Å². The second-order valence-electron chi connectivity index (χ2n) is 6.43. The van der Waals surface area contributed by atoms with Crippen molar-refractivity contribution in [2.24, 2.45) is 0 Å². The highest BCUT2D eigenvalue weighted by molar-refractivity contribution is 5.93. The van der Waals surface area contributed by atoms with Gasteiger partial charge < -0.3 is 9.47 Å². The fourth-order valence-electron chi connectivity index (χ4n) is 3.14. The van der Waals surface area contributed by atoms with E-state index in [0.717, 1.165) is 5.56 Å². The monoisotopic (exact) mass is 350 g/mol. The Morgan fingerprint density at radius 1 is 1.23 bits per heavy atom. The van der Waals surface area contributed by atoms with Gasteiger partial charge in [-0.2, -0.15) is 0 Å². The van der Waals surface area contributed by atoms with Gasteiger partial charge in [-0.25, -0.2) is 9.78 Å². The number of pyridine rings is 1. The number of ether oxygens (including phenoxy) is 2. The van der Waals surface area contributed by atoms with Crippen LogP contribution in [0.15, 0.2) is 53.5 Å². The van der Waals surface area contributed by atoms with E-state index >= 15 is 0 Å². The number of esters is 1. The highest BCUT2D eigenvalue weighted by Gasteiger charge is 2.31. The van der Waals surface area contributed by atoms with Crippen LogP contribution in [-0.4, -0.2) is 21.5 Å². The van der Waals surface area contributed by atoms with Crippen LogP contribution in [0.3, 0.4) is 0 Å². The Labute approximate surface area is 150 Å². The lowest BCUT2D eigenvalue weighted by Crippen LogP contribution is -2.16. The minimum atomic E-state index is -0.488. The Bertz CT molecular complexity index is 1060. The van der Waals surface area contributed by atoms with E-state index in [2.05, 4.69) is 11.9 Å². The molecule has 0 radical (unpaired) electrons. The van der Waals surface area contributed by atoms with Gasteiger partial charge >= 0.3 is 5.97 Å². The van der Waals surface area contributed by atoms with E-state index in [0.29, 0.717) is 22.7 Å². The molecular formula is C20H18N2O4. The van der Waals surface area contributed by atoms with Crippen LogP contribution in [0.2, 0.25) is 0 Å². The van der Waals surface area contributed by atoms with E-state index in [1.165, 1.54) is 10.5 Å². The molecule has 3 aromatic rings. The number of hydrogen-bond donors (Lipinski definition) is 0. The minimum absolute atomic E-state index is 0.0150. The Morgan fingerprint density at radius 3 is 2.92 bits per heavy atom. The van der Waals surface area contributed by atoms with Crippen molar-refractivity contribution in [1.29, 1.82) is 0 Å². The van der Waals surface area contributed by atoms with Crippen molar-refractivity contribution < 1.29 is 14.3 Å². The molecule has 1 aliphatic rings. The summed E-state index contributed by atoms with van der Waals surface area (Å²) in [6, 6.07) is 12.1. The third kappa shape index (κ3) is 2.73. The summed E-state index contributed by atoms with van der Waals surface area (Å²) in [7, 11) is 0. The number of para-hydroxylation sites is 1. The maximum atomic E-state index is 12.5. The zero-order valence-corrected chi connectivity index (χ0v) is 14.5. The fraction of sp³-hybridized carbons (Fsp3) is 0.250. The number of carbonyl (C=O) groups excluding carboxylic acids is 1. The van der Waals surface area contributed by atoms with Gasteiger partial charge in [-0.05, 0) is 25.1 Å². The molecule has 26 heavy (non-hydrogen) atoms. The highest BCUT2D eigenvalue weighted by Crippen LogP contribution is 2.40. The van der Waals surface area contributed by atoms with Crippen molar-refractivity contribution in [1.82, 2.24) is 9.38 Å². The molecule has 2 aromatic heterocycles. The molecular weight excluding hydrogens is 332 g/mol. The van der Waals surface area contributed by atoms with Crippen LogP contribution in [0.4, 0.5) is 0 Å². The van der Waals surface area contributed by atoms with Gasteiger partial charge in [0.2, 0.25) is 0 Å². The topological polar surface area (TPSA) is 69.9 Å². The normalized spacial score (nSPS) is 18.4. The van der Waals surface area contributed by atoms with Gasteiger partial charge in [0.15, 0.2) is 0 Å². The van der Waals surface area contributed by atoms with Crippen molar-refractivity contribution in [3.8, 4) is 5.75 Å². The van der Waals surface area contributed by atoms with E-state index in [-0.39, 0.29) is 24.2 Å². The van der Waals surface area contributed by atoms with Crippen molar-refractivity contribution in [3.05, 3.63) is 75.8 Å². The van der Waals surface area contributed by atoms with Gasteiger partial charge in [0.1, 0.15) is 29.7 Å². The molecule has 4 rings (SSSR count). The zero-order valence-electron chi connectivity index (χ0n) is 14.5. The molecule has 2 atom stereocenters. The number of rotatable bonds is 3. The van der Waals surface area contributed by atoms with Crippen molar-refractivity contribution in [2.45, 2.75) is 32.5 Å². The summed E-state index contributed by atoms with van der Waals surface area (Å²) in [6.45, 7) is 3.97. The van der Waals surface area contributed by atoms with Crippen LogP contribution in [0.25, 0.3) is 5.65 Å². The molecule has 0 amide bonds. The Hall–Kier alpha value is -3.15. The molecule has 1 aliphatic heterocycles. The Kier molecular flexibility index (Phi) is 3.95. The molecule has 0 N–H and O–H groups in total. The second-order valence-corrected chi connectivity index (χ2v) is 6.43. The quantitative estimate of drug-likeness (QED) is 0.679. The van der Waals surface area contributed by atoms with E-state index in [1.54, 1.807) is 30.5 Å². The van der Waals surface area contributed by atoms with Crippen LogP contribution in [0.5, 0.6) is 5.75 Å². The maximum absolute atomic E-state index is 12.5. The third-order valence-corrected chi connectivity index (χ3v) is 4.74. The molecule has 1 aromatic carbocycles. The lowest BCUT2D eigenvalue weighted by atomic mass is 9.97. The number of carbonyl (C=O) groups is 1. The van der Waals surface area contributed by atoms with Gasteiger partial charge in [-0.15, -0.1) is 0 Å². The lowest BCUT2D eigenvalue weighted by molar-refractivity contribution is 0.0462. The van der Waals surface area contributed by atoms with Crippen molar-refractivity contribution >= 4 is 11.6 Å². The molecule has 132 valence electrons. The summed E-state index contributed by atoms with van der Waals surface area (Å²) in [5, 5.41) is 0. The molecule has 0 bridgehead atoms. The molecule has 0 fully saturated rings. The van der Waals surface area contributed by atoms with Gasteiger partial charge in [-0.3, -0.25) is 9.20 Å². The second kappa shape index (κ2) is 6.29. The standard InChI is InChI=1S/C20H18N2O4/c1-12-13(2)26-19-15(12)6-5-7-16(19)20(24)25-11-14-10-18(23)22-9-4-3-8-17(22)21-14/h3-10,12-13H,11H2,1-2H3. The van der Waals surface area contributed by atoms with E-state index < -0.39 is 5.97 Å². The fourth-order valence-corrected chi connectivity index (χ4v) is 3.14. The number of benzene rings is 1. The average molecular weight is 350 g/mol. The lowest BCUT2D eigenvalue weighted by Gasteiger charge is -2.10. The summed E-state index contributed by atoms with van der Waals surface area (Å²) in [5.74, 6) is 0.321. The van der Waals surface area contributed by atoms with Crippen LogP contribution in [-0.2, 0) is 11.3 Å². The van der Waals surface area contributed by atoms with E-state index in [9.17, 15) is 9.59 Å². The van der Waals surface area contributed by atoms with Crippen LogP contribution in [0.1, 0.15) is 41.4 Å². The molecule has 0 aliphatic carbocycles. The Balaban J connectivity index is 1.57. The predicted octanol–water partition coefficient (Wildman–Crippen LogP) is 2.94. The minimum Gasteiger partial charge on any atom is -0.489 e. The van der Waals surface area contributed by atoms with E-state index in [4.69, 9.17) is 9.47 Å². The van der Waals surface area contributed by atoms with Crippen LogP contribution in [0, 0.1) is 0 Å². The Morgan fingerprint density at radius 2 is 2.08 bits per heavy atom. The molecule has 2 unspecified atom stereocenters. The number of fused-ring (bicyclic) bond motifs is 2. The van der Waals surface area contributed by atoms with Gasteiger partial charge in [0.05, 0.1) is 5.69 Å². The zero-order chi connectivity index (χ0) is 18.3. The summed E-state index contributed by atoms with van der Waals surface area (Å²) in [6.07, 6.45) is 1.66. The largest absolute Gasteiger partial charge is 0.489 e. The van der Waals surface area contributed by atoms with Gasteiger partial charge in [-0.1, -0.05) is 25.1 Å². The van der Waals surface area contributed by atoms with Crippen molar-refractivity contribution in [3.63, 3.8) is 0 Å². The summed E-state index contributed by atoms with van der Waals surface area (Å²) >= 11 is 0. The first-order valence-electron chi connectivity index (χ1n) is 8.48. The first kappa shape index (κ1) is 16.3. The predicted molar refractivity (Wildman–Crippen MR) is 95.5 cm³/mol. The van der Waals surface area contributed by atoms with Crippen LogP contribution < -0.4 is 10.3 Å². The summed E-state index contributed by atoms with van der Waals surface area (Å²) < 4.78 is 12.7. The van der Waals surface area contributed by atoms with Crippen molar-refractivity contribution in [2.75, 3.05) is 0 Å². The molecule has 0 spiro atoms. The molecule has 0 saturated heterocycles. The molecule has 3 heterocycles. The number of aromatic nitrogens is 2.